The van der Waals surface area contributed by atoms with Gasteiger partial charge in [-0.1, -0.05) is 35.3 Å². The van der Waals surface area contributed by atoms with E-state index in [1.165, 1.54) is 35.2 Å². The molecule has 2 aromatic rings. The van der Waals surface area contributed by atoms with Crippen LogP contribution in [0.25, 0.3) is 6.08 Å². The van der Waals surface area contributed by atoms with Crippen LogP contribution in [0, 0.1) is 10.1 Å². The topological polar surface area (TPSA) is 94.9 Å². The van der Waals surface area contributed by atoms with Gasteiger partial charge in [0.15, 0.2) is 4.34 Å². The molecule has 98 valence electrons. The van der Waals surface area contributed by atoms with Crippen molar-refractivity contribution in [3.05, 3.63) is 46.0 Å². The molecule has 0 saturated carbocycles. The summed E-state index contributed by atoms with van der Waals surface area (Å²) in [7, 11) is 0. The van der Waals surface area contributed by atoms with Crippen molar-refractivity contribution in [2.24, 2.45) is 0 Å². The molecule has 0 fully saturated rings. The van der Waals surface area contributed by atoms with E-state index in [4.69, 9.17) is 5.73 Å². The maximum absolute atomic E-state index is 10.5. The molecule has 8 heteroatoms. The third kappa shape index (κ3) is 4.04. The van der Waals surface area contributed by atoms with Crippen molar-refractivity contribution in [2.75, 3.05) is 11.5 Å². The number of aromatic nitrogens is 2. The summed E-state index contributed by atoms with van der Waals surface area (Å²) in [5, 5.41) is 18.6. The van der Waals surface area contributed by atoms with Gasteiger partial charge in [0.2, 0.25) is 5.13 Å². The monoisotopic (exact) mass is 294 g/mol. The number of nitrogen functional groups attached to an aromatic ring is 1. The van der Waals surface area contributed by atoms with Crippen LogP contribution in [-0.4, -0.2) is 20.9 Å². The van der Waals surface area contributed by atoms with E-state index < -0.39 is 4.92 Å². The van der Waals surface area contributed by atoms with Crippen LogP contribution in [0.15, 0.2) is 34.7 Å². The van der Waals surface area contributed by atoms with Gasteiger partial charge >= 0.3 is 0 Å². The molecule has 0 unspecified atom stereocenters. The highest BCUT2D eigenvalue weighted by atomic mass is 32.2. The standard InChI is InChI=1S/C11H10N4O2S2/c12-10-13-14-11(19-10)18-7-1-2-8-3-5-9(6-4-8)15(16)17/h1-6H,7H2,(H2,12,13). The Morgan fingerprint density at radius 2 is 2.11 bits per heavy atom. The summed E-state index contributed by atoms with van der Waals surface area (Å²) in [4.78, 5) is 10.1. The second kappa shape index (κ2) is 6.30. The predicted molar refractivity (Wildman–Crippen MR) is 77.2 cm³/mol. The van der Waals surface area contributed by atoms with Crippen LogP contribution >= 0.6 is 23.1 Å². The normalized spacial score (nSPS) is 10.9. The van der Waals surface area contributed by atoms with E-state index in [1.54, 1.807) is 12.1 Å². The lowest BCUT2D eigenvalue weighted by molar-refractivity contribution is -0.384. The van der Waals surface area contributed by atoms with E-state index in [2.05, 4.69) is 10.2 Å². The number of nitro groups is 1. The summed E-state index contributed by atoms with van der Waals surface area (Å²) in [6.45, 7) is 0. The second-order valence-electron chi connectivity index (χ2n) is 3.47. The molecule has 1 heterocycles. The molecular formula is C11H10N4O2S2. The lowest BCUT2D eigenvalue weighted by Crippen LogP contribution is -1.86. The fourth-order valence-corrected chi connectivity index (χ4v) is 2.76. The summed E-state index contributed by atoms with van der Waals surface area (Å²) in [6, 6.07) is 6.39. The minimum atomic E-state index is -0.413. The minimum Gasteiger partial charge on any atom is -0.374 e. The number of hydrogen-bond donors (Lipinski definition) is 1. The number of hydrogen-bond acceptors (Lipinski definition) is 7. The quantitative estimate of drug-likeness (QED) is 0.517. The van der Waals surface area contributed by atoms with Gasteiger partial charge in [0, 0.05) is 17.9 Å². The van der Waals surface area contributed by atoms with Gasteiger partial charge < -0.3 is 5.73 Å². The predicted octanol–water partition coefficient (Wildman–Crippen LogP) is 2.83. The first-order valence-electron chi connectivity index (χ1n) is 5.28. The average Bonchev–Trinajstić information content (AvgIpc) is 2.81. The van der Waals surface area contributed by atoms with Crippen LogP contribution in [0.5, 0.6) is 0 Å². The summed E-state index contributed by atoms with van der Waals surface area (Å²) >= 11 is 2.89. The summed E-state index contributed by atoms with van der Waals surface area (Å²) in [5.41, 5.74) is 6.48. The molecule has 0 atom stereocenters. The smallest absolute Gasteiger partial charge is 0.269 e. The Morgan fingerprint density at radius 3 is 2.68 bits per heavy atom. The Labute approximate surface area is 117 Å². The van der Waals surface area contributed by atoms with Gasteiger partial charge in [-0.3, -0.25) is 10.1 Å². The zero-order chi connectivity index (χ0) is 13.7. The Balaban J connectivity index is 1.86. The third-order valence-corrected chi connectivity index (χ3v) is 3.98. The Hall–Kier alpha value is -1.93. The van der Waals surface area contributed by atoms with E-state index in [1.807, 2.05) is 12.2 Å². The molecule has 6 nitrogen and oxygen atoms in total. The van der Waals surface area contributed by atoms with Crippen molar-refractivity contribution in [1.29, 1.82) is 0 Å². The summed E-state index contributed by atoms with van der Waals surface area (Å²) in [5.74, 6) is 0.742. The van der Waals surface area contributed by atoms with E-state index in [0.717, 1.165) is 15.7 Å². The van der Waals surface area contributed by atoms with Gasteiger partial charge in [0.05, 0.1) is 4.92 Å². The zero-order valence-electron chi connectivity index (χ0n) is 9.72. The molecule has 19 heavy (non-hydrogen) atoms. The van der Waals surface area contributed by atoms with E-state index >= 15 is 0 Å². The molecule has 0 bridgehead atoms. The molecule has 0 saturated heterocycles. The van der Waals surface area contributed by atoms with E-state index in [0.29, 0.717) is 5.13 Å². The first kappa shape index (κ1) is 13.5. The maximum atomic E-state index is 10.5. The van der Waals surface area contributed by atoms with Gasteiger partial charge in [0.25, 0.3) is 5.69 Å². The molecule has 0 aliphatic carbocycles. The molecule has 0 amide bonds. The SMILES string of the molecule is Nc1nnc(SCC=Cc2ccc([N+](=O)[O-])cc2)s1. The van der Waals surface area contributed by atoms with Crippen molar-refractivity contribution in [3.63, 3.8) is 0 Å². The summed E-state index contributed by atoms with van der Waals surface area (Å²) < 4.78 is 0.825. The summed E-state index contributed by atoms with van der Waals surface area (Å²) in [6.07, 6.45) is 3.87. The molecule has 1 aromatic heterocycles. The number of benzene rings is 1. The highest BCUT2D eigenvalue weighted by Crippen LogP contribution is 2.23. The third-order valence-electron chi connectivity index (χ3n) is 2.14. The Kier molecular flexibility index (Phi) is 4.48. The Morgan fingerprint density at radius 1 is 1.37 bits per heavy atom. The molecule has 0 aliphatic heterocycles. The van der Waals surface area contributed by atoms with Gasteiger partial charge in [0.1, 0.15) is 0 Å². The first-order chi connectivity index (χ1) is 9.15. The zero-order valence-corrected chi connectivity index (χ0v) is 11.4. The molecule has 2 rings (SSSR count). The van der Waals surface area contributed by atoms with Gasteiger partial charge in [-0.25, -0.2) is 0 Å². The Bertz CT molecular complexity index is 595. The average molecular weight is 294 g/mol. The number of non-ortho nitro benzene ring substituents is 1. The fraction of sp³-hybridized carbons (Fsp3) is 0.0909. The largest absolute Gasteiger partial charge is 0.374 e. The van der Waals surface area contributed by atoms with Crippen molar-refractivity contribution < 1.29 is 4.92 Å². The minimum absolute atomic E-state index is 0.0934. The lowest BCUT2D eigenvalue weighted by Gasteiger charge is -1.93. The second-order valence-corrected chi connectivity index (χ2v) is 5.74. The van der Waals surface area contributed by atoms with Gasteiger partial charge in [-0.2, -0.15) is 0 Å². The molecule has 0 aliphatic rings. The van der Waals surface area contributed by atoms with Crippen LogP contribution in [-0.2, 0) is 0 Å². The first-order valence-corrected chi connectivity index (χ1v) is 7.08. The molecule has 0 spiro atoms. The van der Waals surface area contributed by atoms with Crippen LogP contribution in [0.2, 0.25) is 0 Å². The van der Waals surface area contributed by atoms with Gasteiger partial charge in [-0.05, 0) is 17.7 Å². The van der Waals surface area contributed by atoms with Crippen LogP contribution in [0.4, 0.5) is 10.8 Å². The number of thioether (sulfide) groups is 1. The van der Waals surface area contributed by atoms with E-state index in [9.17, 15) is 10.1 Å². The number of nitrogens with two attached hydrogens (primary N) is 1. The van der Waals surface area contributed by atoms with Crippen molar-refractivity contribution in [2.45, 2.75) is 4.34 Å². The lowest BCUT2D eigenvalue weighted by atomic mass is 10.2. The molecule has 0 radical (unpaired) electrons. The van der Waals surface area contributed by atoms with Crippen molar-refractivity contribution >= 4 is 40.0 Å². The van der Waals surface area contributed by atoms with E-state index in [-0.39, 0.29) is 5.69 Å². The highest BCUT2D eigenvalue weighted by molar-refractivity contribution is 8.01. The van der Waals surface area contributed by atoms with Crippen LogP contribution < -0.4 is 5.73 Å². The molecule has 2 N–H and O–H groups in total. The number of anilines is 1. The molecular weight excluding hydrogens is 284 g/mol. The fourth-order valence-electron chi connectivity index (χ4n) is 1.29. The number of rotatable bonds is 5. The van der Waals surface area contributed by atoms with Gasteiger partial charge in [-0.15, -0.1) is 10.2 Å². The van der Waals surface area contributed by atoms with Crippen LogP contribution in [0.3, 0.4) is 0 Å². The number of nitrogens with zero attached hydrogens (tertiary/aromatic N) is 3. The maximum Gasteiger partial charge on any atom is 0.269 e. The van der Waals surface area contributed by atoms with Crippen molar-refractivity contribution in [1.82, 2.24) is 10.2 Å². The van der Waals surface area contributed by atoms with Crippen molar-refractivity contribution in [3.8, 4) is 0 Å². The van der Waals surface area contributed by atoms with Crippen LogP contribution in [0.1, 0.15) is 5.56 Å². The number of nitro benzene ring substituents is 1. The molecule has 1 aromatic carbocycles. The highest BCUT2D eigenvalue weighted by Gasteiger charge is 2.02.